The van der Waals surface area contributed by atoms with Gasteiger partial charge in [-0.25, -0.2) is 9.50 Å². The first-order chi connectivity index (χ1) is 9.84. The fourth-order valence-corrected chi connectivity index (χ4v) is 2.70. The Balaban J connectivity index is 1.90. The van der Waals surface area contributed by atoms with Crippen LogP contribution in [0.5, 0.6) is 0 Å². The van der Waals surface area contributed by atoms with Crippen molar-refractivity contribution in [2.45, 2.75) is 57.3 Å². The second-order valence-corrected chi connectivity index (χ2v) is 6.83. The van der Waals surface area contributed by atoms with Gasteiger partial charge in [0.15, 0.2) is 5.82 Å². The summed E-state index contributed by atoms with van der Waals surface area (Å²) in [5.74, 6) is 0.742. The topological polar surface area (TPSA) is 82.7 Å². The SMILES string of the molecule is CC(C)(C)c1cc2c(NC3C[C@@H](O)[C@@H](O)C3)nccn2n1. The number of hydrogen-bond donors (Lipinski definition) is 3. The molecular formula is C15H22N4O2. The Morgan fingerprint density at radius 3 is 2.52 bits per heavy atom. The van der Waals surface area contributed by atoms with Gasteiger partial charge in [0.2, 0.25) is 0 Å². The first-order valence-corrected chi connectivity index (χ1v) is 7.32. The lowest BCUT2D eigenvalue weighted by molar-refractivity contribution is 0.0438. The molecule has 3 rings (SSSR count). The summed E-state index contributed by atoms with van der Waals surface area (Å²) in [7, 11) is 0. The third-order valence-electron chi connectivity index (χ3n) is 4.00. The molecule has 0 amide bonds. The van der Waals surface area contributed by atoms with Crippen molar-refractivity contribution in [3.8, 4) is 0 Å². The molecule has 2 aromatic heterocycles. The highest BCUT2D eigenvalue weighted by molar-refractivity contribution is 5.68. The molecule has 0 aliphatic heterocycles. The molecule has 2 heterocycles. The Bertz CT molecular complexity index is 637. The van der Waals surface area contributed by atoms with Crippen LogP contribution in [0.4, 0.5) is 5.82 Å². The summed E-state index contributed by atoms with van der Waals surface area (Å²) >= 11 is 0. The first-order valence-electron chi connectivity index (χ1n) is 7.32. The number of nitrogens with zero attached hydrogens (tertiary/aromatic N) is 3. The summed E-state index contributed by atoms with van der Waals surface area (Å²) in [6, 6.07) is 2.07. The third kappa shape index (κ3) is 2.73. The van der Waals surface area contributed by atoms with Gasteiger partial charge in [0, 0.05) is 23.9 Å². The van der Waals surface area contributed by atoms with Crippen LogP contribution in [-0.4, -0.2) is 43.1 Å². The van der Waals surface area contributed by atoms with Crippen LogP contribution in [0.3, 0.4) is 0 Å². The van der Waals surface area contributed by atoms with Crippen molar-refractivity contribution in [3.63, 3.8) is 0 Å². The summed E-state index contributed by atoms with van der Waals surface area (Å²) < 4.78 is 1.82. The van der Waals surface area contributed by atoms with E-state index in [-0.39, 0.29) is 11.5 Å². The number of hydrogen-bond acceptors (Lipinski definition) is 5. The van der Waals surface area contributed by atoms with Crippen molar-refractivity contribution in [2.75, 3.05) is 5.32 Å². The molecular weight excluding hydrogens is 268 g/mol. The van der Waals surface area contributed by atoms with Crippen LogP contribution >= 0.6 is 0 Å². The Hall–Kier alpha value is -1.66. The van der Waals surface area contributed by atoms with Gasteiger partial charge >= 0.3 is 0 Å². The van der Waals surface area contributed by atoms with Gasteiger partial charge in [0.05, 0.1) is 17.9 Å². The average Bonchev–Trinajstić information content (AvgIpc) is 2.94. The Labute approximate surface area is 123 Å². The zero-order chi connectivity index (χ0) is 15.2. The molecule has 2 aromatic rings. The van der Waals surface area contributed by atoms with Crippen LogP contribution < -0.4 is 5.32 Å². The Morgan fingerprint density at radius 2 is 1.90 bits per heavy atom. The predicted octanol–water partition coefficient (Wildman–Crippen LogP) is 1.32. The lowest BCUT2D eigenvalue weighted by atomic mass is 9.92. The van der Waals surface area contributed by atoms with Crippen molar-refractivity contribution in [1.82, 2.24) is 14.6 Å². The molecule has 6 heteroatoms. The van der Waals surface area contributed by atoms with E-state index in [4.69, 9.17) is 0 Å². The summed E-state index contributed by atoms with van der Waals surface area (Å²) in [6.07, 6.45) is 3.29. The molecule has 1 saturated carbocycles. The van der Waals surface area contributed by atoms with Crippen molar-refractivity contribution in [2.24, 2.45) is 0 Å². The maximum Gasteiger partial charge on any atom is 0.152 e. The van der Waals surface area contributed by atoms with Crippen molar-refractivity contribution in [3.05, 3.63) is 24.2 Å². The van der Waals surface area contributed by atoms with Gasteiger partial charge in [-0.05, 0) is 18.9 Å². The Morgan fingerprint density at radius 1 is 1.24 bits per heavy atom. The maximum atomic E-state index is 9.64. The molecule has 0 radical (unpaired) electrons. The van der Waals surface area contributed by atoms with Gasteiger partial charge in [-0.2, -0.15) is 5.10 Å². The van der Waals surface area contributed by atoms with Gasteiger partial charge in [-0.1, -0.05) is 20.8 Å². The minimum Gasteiger partial charge on any atom is -0.390 e. The number of nitrogens with one attached hydrogen (secondary N) is 1. The number of fused-ring (bicyclic) bond motifs is 1. The maximum absolute atomic E-state index is 9.64. The molecule has 0 saturated heterocycles. The summed E-state index contributed by atoms with van der Waals surface area (Å²) in [4.78, 5) is 4.38. The molecule has 1 aliphatic carbocycles. The molecule has 3 atom stereocenters. The normalized spacial score (nSPS) is 26.4. The number of rotatable bonds is 2. The van der Waals surface area contributed by atoms with Crippen LogP contribution in [0.25, 0.3) is 5.52 Å². The van der Waals surface area contributed by atoms with Crippen molar-refractivity contribution < 1.29 is 10.2 Å². The van der Waals surface area contributed by atoms with E-state index < -0.39 is 12.2 Å². The van der Waals surface area contributed by atoms with E-state index in [1.165, 1.54) is 0 Å². The van der Waals surface area contributed by atoms with Crippen molar-refractivity contribution >= 4 is 11.3 Å². The number of anilines is 1. The second-order valence-electron chi connectivity index (χ2n) is 6.83. The van der Waals surface area contributed by atoms with E-state index in [1.807, 2.05) is 16.8 Å². The Kier molecular flexibility index (Phi) is 3.37. The van der Waals surface area contributed by atoms with E-state index >= 15 is 0 Å². The molecule has 3 N–H and O–H groups in total. The predicted molar refractivity (Wildman–Crippen MR) is 80.3 cm³/mol. The molecule has 0 aromatic carbocycles. The second kappa shape index (κ2) is 4.96. The average molecular weight is 290 g/mol. The first kappa shape index (κ1) is 14.3. The molecule has 1 unspecified atom stereocenters. The van der Waals surface area contributed by atoms with Gasteiger partial charge in [-0.3, -0.25) is 0 Å². The zero-order valence-corrected chi connectivity index (χ0v) is 12.6. The van der Waals surface area contributed by atoms with Gasteiger partial charge < -0.3 is 15.5 Å². The fraction of sp³-hybridized carbons (Fsp3) is 0.600. The van der Waals surface area contributed by atoms with Gasteiger partial charge in [0.1, 0.15) is 5.52 Å². The lowest BCUT2D eigenvalue weighted by Gasteiger charge is -2.13. The van der Waals surface area contributed by atoms with Gasteiger partial charge in [-0.15, -0.1) is 0 Å². The largest absolute Gasteiger partial charge is 0.390 e. The minimum absolute atomic E-state index is 0.0248. The highest BCUT2D eigenvalue weighted by Crippen LogP contribution is 2.27. The van der Waals surface area contributed by atoms with E-state index in [0.717, 1.165) is 17.0 Å². The highest BCUT2D eigenvalue weighted by atomic mass is 16.3. The van der Waals surface area contributed by atoms with Gasteiger partial charge in [0.25, 0.3) is 0 Å². The zero-order valence-electron chi connectivity index (χ0n) is 12.6. The van der Waals surface area contributed by atoms with Crippen LogP contribution in [-0.2, 0) is 5.41 Å². The molecule has 0 bridgehead atoms. The lowest BCUT2D eigenvalue weighted by Crippen LogP contribution is -2.17. The molecule has 0 spiro atoms. The van der Waals surface area contributed by atoms with E-state index in [0.29, 0.717) is 12.8 Å². The quantitative estimate of drug-likeness (QED) is 0.777. The number of aromatic nitrogens is 3. The highest BCUT2D eigenvalue weighted by Gasteiger charge is 2.32. The molecule has 6 nitrogen and oxygen atoms in total. The van der Waals surface area contributed by atoms with E-state index in [1.54, 1.807) is 6.20 Å². The van der Waals surface area contributed by atoms with Crippen LogP contribution in [0.15, 0.2) is 18.5 Å². The standard InChI is InChI=1S/C15H22N4O2/c1-15(2,3)13-8-10-14(16-4-5-19(10)18-13)17-9-6-11(20)12(21)7-9/h4-5,8-9,11-12,20-21H,6-7H2,1-3H3,(H,16,17)/t9?,11-,12+. The number of aliphatic hydroxyl groups is 2. The third-order valence-corrected chi connectivity index (χ3v) is 4.00. The van der Waals surface area contributed by atoms with Crippen LogP contribution in [0.2, 0.25) is 0 Å². The molecule has 1 aliphatic rings. The minimum atomic E-state index is -0.655. The summed E-state index contributed by atoms with van der Waals surface area (Å²) in [5.41, 5.74) is 1.89. The molecule has 21 heavy (non-hydrogen) atoms. The van der Waals surface area contributed by atoms with Crippen LogP contribution in [0, 0.1) is 0 Å². The van der Waals surface area contributed by atoms with Crippen LogP contribution in [0.1, 0.15) is 39.3 Å². The smallest absolute Gasteiger partial charge is 0.152 e. The number of aliphatic hydroxyl groups excluding tert-OH is 2. The van der Waals surface area contributed by atoms with E-state index in [9.17, 15) is 10.2 Å². The molecule has 1 fully saturated rings. The summed E-state index contributed by atoms with van der Waals surface area (Å²) in [5, 5.41) is 27.2. The van der Waals surface area contributed by atoms with Crippen molar-refractivity contribution in [1.29, 1.82) is 0 Å². The monoisotopic (exact) mass is 290 g/mol. The van der Waals surface area contributed by atoms with E-state index in [2.05, 4.69) is 36.2 Å². The summed E-state index contributed by atoms with van der Waals surface area (Å²) in [6.45, 7) is 6.37. The molecule has 114 valence electrons. The fourth-order valence-electron chi connectivity index (χ4n) is 2.70.